The molecule has 0 unspecified atom stereocenters. The molecule has 0 bridgehead atoms. The third-order valence-electron chi connectivity index (χ3n) is 5.42. The zero-order valence-corrected chi connectivity index (χ0v) is 18.9. The molecule has 0 heterocycles. The van der Waals surface area contributed by atoms with E-state index in [1.807, 2.05) is 36.4 Å². The van der Waals surface area contributed by atoms with Crippen molar-refractivity contribution in [2.24, 2.45) is 0 Å². The molecule has 0 saturated carbocycles. The van der Waals surface area contributed by atoms with Crippen LogP contribution in [0.5, 0.6) is 17.2 Å². The van der Waals surface area contributed by atoms with Crippen molar-refractivity contribution in [3.63, 3.8) is 0 Å². The average molecular weight is 427 g/mol. The van der Waals surface area contributed by atoms with E-state index in [0.717, 1.165) is 63.3 Å². The first-order valence-electron chi connectivity index (χ1n) is 10.6. The maximum atomic E-state index is 10.2. The predicted molar refractivity (Wildman–Crippen MR) is 134 cm³/mol. The summed E-state index contributed by atoms with van der Waals surface area (Å²) in [5.74, 6) is 1.78. The highest BCUT2D eigenvalue weighted by Gasteiger charge is 2.19. The van der Waals surface area contributed by atoms with E-state index in [2.05, 4.69) is 37.9 Å². The maximum Gasteiger partial charge on any atom is 0.134 e. The van der Waals surface area contributed by atoms with Crippen LogP contribution >= 0.6 is 0 Å². The minimum absolute atomic E-state index is 0.258. The third kappa shape index (κ3) is 4.78. The van der Waals surface area contributed by atoms with Gasteiger partial charge in [-0.15, -0.1) is 19.7 Å². The van der Waals surface area contributed by atoms with Crippen LogP contribution in [0.1, 0.15) is 16.7 Å². The standard InChI is InChI=1S/C29H30O3/c1-6-9-20-12-15-28(31-4)25(16-20)26-18-21(10-7-2)17-24(29(26)32-5)22-13-14-27(30)23(19-22)11-8-3/h6-8,12-19,30H,1-3,9-11H2,4-5H3. The molecule has 0 aliphatic heterocycles. The minimum Gasteiger partial charge on any atom is -0.508 e. The fraction of sp³-hybridized carbons (Fsp3) is 0.172. The molecule has 0 amide bonds. The molecule has 3 heteroatoms. The van der Waals surface area contributed by atoms with Gasteiger partial charge >= 0.3 is 0 Å². The molecule has 0 atom stereocenters. The number of rotatable bonds is 10. The zero-order valence-electron chi connectivity index (χ0n) is 18.9. The number of hydrogen-bond donors (Lipinski definition) is 1. The van der Waals surface area contributed by atoms with E-state index in [4.69, 9.17) is 9.47 Å². The van der Waals surface area contributed by atoms with Gasteiger partial charge in [-0.25, -0.2) is 0 Å². The van der Waals surface area contributed by atoms with E-state index >= 15 is 0 Å². The Morgan fingerprint density at radius 2 is 1.38 bits per heavy atom. The first kappa shape index (κ1) is 23.0. The summed E-state index contributed by atoms with van der Waals surface area (Å²) in [6.07, 6.45) is 7.63. The van der Waals surface area contributed by atoms with Crippen LogP contribution in [0.3, 0.4) is 0 Å². The van der Waals surface area contributed by atoms with Crippen molar-refractivity contribution < 1.29 is 14.6 Å². The van der Waals surface area contributed by atoms with E-state index < -0.39 is 0 Å². The summed E-state index contributed by atoms with van der Waals surface area (Å²) < 4.78 is 11.7. The molecule has 3 aromatic rings. The molecule has 1 N–H and O–H groups in total. The molecule has 0 saturated heterocycles. The highest BCUT2D eigenvalue weighted by atomic mass is 16.5. The summed E-state index contributed by atoms with van der Waals surface area (Å²) in [5, 5.41) is 10.2. The van der Waals surface area contributed by atoms with Gasteiger partial charge in [0.15, 0.2) is 0 Å². The lowest BCUT2D eigenvalue weighted by Crippen LogP contribution is -1.98. The lowest BCUT2D eigenvalue weighted by Gasteiger charge is -2.19. The molecule has 0 aromatic heterocycles. The van der Waals surface area contributed by atoms with Crippen molar-refractivity contribution in [1.29, 1.82) is 0 Å². The van der Waals surface area contributed by atoms with Crippen molar-refractivity contribution in [1.82, 2.24) is 0 Å². The first-order chi connectivity index (χ1) is 15.6. The number of methoxy groups -OCH3 is 2. The topological polar surface area (TPSA) is 38.7 Å². The van der Waals surface area contributed by atoms with Gasteiger partial charge in [-0.3, -0.25) is 0 Å². The number of phenols is 1. The zero-order chi connectivity index (χ0) is 23.1. The predicted octanol–water partition coefficient (Wildman–Crippen LogP) is 6.93. The van der Waals surface area contributed by atoms with Crippen LogP contribution in [0.2, 0.25) is 0 Å². The smallest absolute Gasteiger partial charge is 0.134 e. The molecule has 0 radical (unpaired) electrons. The van der Waals surface area contributed by atoms with Gasteiger partial charge in [0, 0.05) is 16.7 Å². The molecular weight excluding hydrogens is 396 g/mol. The van der Waals surface area contributed by atoms with Gasteiger partial charge in [-0.05, 0) is 77.9 Å². The van der Waals surface area contributed by atoms with Crippen LogP contribution in [0.15, 0.2) is 86.5 Å². The largest absolute Gasteiger partial charge is 0.508 e. The minimum atomic E-state index is 0.258. The Hall–Kier alpha value is -3.72. The second-order valence-corrected chi connectivity index (χ2v) is 7.58. The van der Waals surface area contributed by atoms with Gasteiger partial charge in [-0.1, -0.05) is 30.4 Å². The van der Waals surface area contributed by atoms with E-state index in [1.165, 1.54) is 0 Å². The van der Waals surface area contributed by atoms with E-state index in [0.29, 0.717) is 6.42 Å². The summed E-state index contributed by atoms with van der Waals surface area (Å²) >= 11 is 0. The normalized spacial score (nSPS) is 10.4. The maximum absolute atomic E-state index is 10.2. The monoisotopic (exact) mass is 426 g/mol. The number of phenolic OH excluding ortho intramolecular Hbond substituents is 1. The molecule has 32 heavy (non-hydrogen) atoms. The molecule has 0 aliphatic carbocycles. The van der Waals surface area contributed by atoms with Crippen molar-refractivity contribution >= 4 is 0 Å². The fourth-order valence-corrected chi connectivity index (χ4v) is 3.94. The Kier molecular flexibility index (Phi) is 7.56. The summed E-state index contributed by atoms with van der Waals surface area (Å²) in [4.78, 5) is 0. The first-order valence-corrected chi connectivity index (χ1v) is 10.6. The van der Waals surface area contributed by atoms with Crippen molar-refractivity contribution in [3.05, 3.63) is 103 Å². The quantitative estimate of drug-likeness (QED) is 0.357. The van der Waals surface area contributed by atoms with Crippen molar-refractivity contribution in [2.45, 2.75) is 19.3 Å². The van der Waals surface area contributed by atoms with Gasteiger partial charge in [0.25, 0.3) is 0 Å². The van der Waals surface area contributed by atoms with Crippen LogP contribution in [0.4, 0.5) is 0 Å². The van der Waals surface area contributed by atoms with E-state index in [-0.39, 0.29) is 5.75 Å². The number of aromatic hydroxyl groups is 1. The Morgan fingerprint density at radius 3 is 2.03 bits per heavy atom. The van der Waals surface area contributed by atoms with Gasteiger partial charge in [-0.2, -0.15) is 0 Å². The highest BCUT2D eigenvalue weighted by molar-refractivity contribution is 5.86. The Morgan fingerprint density at radius 1 is 0.719 bits per heavy atom. The summed E-state index contributed by atoms with van der Waals surface area (Å²) in [6.45, 7) is 11.6. The number of allylic oxidation sites excluding steroid dienone is 3. The Balaban J connectivity index is 2.32. The van der Waals surface area contributed by atoms with E-state index in [9.17, 15) is 5.11 Å². The van der Waals surface area contributed by atoms with Crippen LogP contribution in [-0.4, -0.2) is 19.3 Å². The Bertz CT molecular complexity index is 1140. The van der Waals surface area contributed by atoms with Gasteiger partial charge in [0.2, 0.25) is 0 Å². The SMILES string of the molecule is C=CCc1ccc(OC)c(-c2cc(CC=C)cc(-c3ccc(O)c(CC=C)c3)c2OC)c1. The second-order valence-electron chi connectivity index (χ2n) is 7.58. The lowest BCUT2D eigenvalue weighted by molar-refractivity contribution is 0.411. The average Bonchev–Trinajstić information content (AvgIpc) is 2.80. The Labute approximate surface area is 191 Å². The molecule has 0 spiro atoms. The third-order valence-corrected chi connectivity index (χ3v) is 5.42. The summed E-state index contributed by atoms with van der Waals surface area (Å²) in [6, 6.07) is 16.0. The number of ether oxygens (including phenoxy) is 2. The van der Waals surface area contributed by atoms with Crippen LogP contribution in [0.25, 0.3) is 22.3 Å². The van der Waals surface area contributed by atoms with Crippen LogP contribution in [-0.2, 0) is 19.3 Å². The summed E-state index contributed by atoms with van der Waals surface area (Å²) in [7, 11) is 3.36. The highest BCUT2D eigenvalue weighted by Crippen LogP contribution is 2.44. The van der Waals surface area contributed by atoms with Crippen molar-refractivity contribution in [3.8, 4) is 39.5 Å². The lowest BCUT2D eigenvalue weighted by atomic mass is 9.91. The molecule has 164 valence electrons. The van der Waals surface area contributed by atoms with Gasteiger partial charge < -0.3 is 14.6 Å². The number of hydrogen-bond acceptors (Lipinski definition) is 3. The molecular formula is C29H30O3. The molecule has 3 rings (SSSR count). The fourth-order valence-electron chi connectivity index (χ4n) is 3.94. The molecule has 3 aromatic carbocycles. The molecule has 3 nitrogen and oxygen atoms in total. The van der Waals surface area contributed by atoms with E-state index in [1.54, 1.807) is 26.4 Å². The number of benzene rings is 3. The van der Waals surface area contributed by atoms with Crippen LogP contribution < -0.4 is 9.47 Å². The summed E-state index contributed by atoms with van der Waals surface area (Å²) in [5.41, 5.74) is 6.89. The van der Waals surface area contributed by atoms with Gasteiger partial charge in [0.05, 0.1) is 14.2 Å². The van der Waals surface area contributed by atoms with Crippen molar-refractivity contribution in [2.75, 3.05) is 14.2 Å². The van der Waals surface area contributed by atoms with Crippen LogP contribution in [0, 0.1) is 0 Å². The molecule has 0 aliphatic rings. The van der Waals surface area contributed by atoms with Gasteiger partial charge in [0.1, 0.15) is 17.2 Å². The molecule has 0 fully saturated rings. The second kappa shape index (κ2) is 10.5.